The number of hydrogen-bond acceptors (Lipinski definition) is 8. The van der Waals surface area contributed by atoms with E-state index >= 15 is 0 Å². The van der Waals surface area contributed by atoms with Crippen LogP contribution in [0.3, 0.4) is 0 Å². The maximum Gasteiger partial charge on any atom is 0.337 e. The lowest BCUT2D eigenvalue weighted by Crippen LogP contribution is -2.39. The molecular formula is C34H35FN4O5. The van der Waals surface area contributed by atoms with Crippen LogP contribution in [-0.4, -0.2) is 59.4 Å². The summed E-state index contributed by atoms with van der Waals surface area (Å²) in [6.07, 6.45) is 2.97. The number of aromatic nitrogens is 2. The lowest BCUT2D eigenvalue weighted by Gasteiger charge is -2.32. The van der Waals surface area contributed by atoms with Crippen molar-refractivity contribution in [2.45, 2.75) is 58.1 Å². The van der Waals surface area contributed by atoms with Crippen LogP contribution in [0.15, 0.2) is 54.6 Å². The number of esters is 1. The van der Waals surface area contributed by atoms with Gasteiger partial charge in [0.2, 0.25) is 0 Å². The number of methoxy groups -OCH3 is 1. The molecule has 2 fully saturated rings. The van der Waals surface area contributed by atoms with E-state index in [1.54, 1.807) is 0 Å². The molecule has 0 unspecified atom stereocenters. The second kappa shape index (κ2) is 13.0. The number of aryl methyl sites for hydroxylation is 1. The molecule has 0 bridgehead atoms. The highest BCUT2D eigenvalue weighted by Gasteiger charge is 2.26. The molecule has 44 heavy (non-hydrogen) atoms. The fourth-order valence-electron chi connectivity index (χ4n) is 5.77. The summed E-state index contributed by atoms with van der Waals surface area (Å²) in [5, 5.41) is 8.93. The van der Waals surface area contributed by atoms with E-state index in [1.807, 2.05) is 49.4 Å². The summed E-state index contributed by atoms with van der Waals surface area (Å²) >= 11 is 0. The van der Waals surface area contributed by atoms with Gasteiger partial charge in [-0.3, -0.25) is 4.90 Å². The number of likely N-dealkylation sites (tertiary alicyclic amines) is 1. The first-order valence-electron chi connectivity index (χ1n) is 14.9. The van der Waals surface area contributed by atoms with E-state index in [0.29, 0.717) is 18.7 Å². The lowest BCUT2D eigenvalue weighted by molar-refractivity contribution is -0.0592. The molecule has 1 atom stereocenters. The lowest BCUT2D eigenvalue weighted by atomic mass is 10.1. The second-order valence-corrected chi connectivity index (χ2v) is 11.4. The Kier molecular flexibility index (Phi) is 8.77. The third kappa shape index (κ3) is 6.54. The summed E-state index contributed by atoms with van der Waals surface area (Å²) in [6.45, 7) is 6.06. The maximum atomic E-state index is 14.2. The van der Waals surface area contributed by atoms with Crippen LogP contribution in [0.4, 0.5) is 4.39 Å². The quantitative estimate of drug-likeness (QED) is 0.219. The van der Waals surface area contributed by atoms with Gasteiger partial charge in [0.05, 0.1) is 54.5 Å². The Bertz CT molecular complexity index is 1700. The van der Waals surface area contributed by atoms with Crippen LogP contribution in [0.1, 0.15) is 52.1 Å². The van der Waals surface area contributed by atoms with E-state index in [-0.39, 0.29) is 36.1 Å². The van der Waals surface area contributed by atoms with Crippen molar-refractivity contribution in [3.63, 3.8) is 0 Å². The Balaban J connectivity index is 1.08. The van der Waals surface area contributed by atoms with Gasteiger partial charge < -0.3 is 23.5 Å². The average molecular weight is 599 g/mol. The van der Waals surface area contributed by atoms with Crippen molar-refractivity contribution >= 4 is 17.0 Å². The number of imidazole rings is 1. The van der Waals surface area contributed by atoms with E-state index in [4.69, 9.17) is 29.2 Å². The highest BCUT2D eigenvalue weighted by molar-refractivity contribution is 5.95. The molecule has 0 radical (unpaired) electrons. The van der Waals surface area contributed by atoms with Crippen molar-refractivity contribution in [1.82, 2.24) is 14.5 Å². The molecule has 4 aromatic rings. The number of carbonyl (C=O) groups is 1. The molecule has 2 saturated heterocycles. The Hall–Kier alpha value is -4.46. The van der Waals surface area contributed by atoms with Crippen molar-refractivity contribution in [2.24, 2.45) is 0 Å². The molecule has 1 aromatic heterocycles. The monoisotopic (exact) mass is 598 g/mol. The maximum absolute atomic E-state index is 14.2. The van der Waals surface area contributed by atoms with Crippen LogP contribution in [0.25, 0.3) is 11.0 Å². The summed E-state index contributed by atoms with van der Waals surface area (Å²) in [4.78, 5) is 19.7. The van der Waals surface area contributed by atoms with Gasteiger partial charge in [0.25, 0.3) is 0 Å². The van der Waals surface area contributed by atoms with Gasteiger partial charge in [-0.25, -0.2) is 14.2 Å². The van der Waals surface area contributed by atoms with E-state index < -0.39 is 5.82 Å². The molecule has 10 heteroatoms. The van der Waals surface area contributed by atoms with Gasteiger partial charge in [-0.1, -0.05) is 12.1 Å². The first-order valence-corrected chi connectivity index (χ1v) is 14.9. The summed E-state index contributed by atoms with van der Waals surface area (Å²) in [6, 6.07) is 17.5. The number of benzene rings is 3. The van der Waals surface area contributed by atoms with E-state index in [1.165, 1.54) is 25.3 Å². The summed E-state index contributed by atoms with van der Waals surface area (Å²) in [5.74, 6) is 0.909. The molecule has 3 heterocycles. The molecular weight excluding hydrogens is 563 g/mol. The zero-order valence-corrected chi connectivity index (χ0v) is 24.9. The molecule has 3 aromatic carbocycles. The number of ether oxygens (including phenoxy) is 4. The molecule has 0 spiro atoms. The normalized spacial score (nSPS) is 17.2. The Morgan fingerprint density at radius 1 is 1.14 bits per heavy atom. The number of hydrogen-bond donors (Lipinski definition) is 0. The topological polar surface area (TPSA) is 98.8 Å². The molecule has 228 valence electrons. The van der Waals surface area contributed by atoms with E-state index in [2.05, 4.69) is 9.47 Å². The van der Waals surface area contributed by atoms with Crippen molar-refractivity contribution in [1.29, 1.82) is 5.26 Å². The minimum Gasteiger partial charge on any atom is -0.490 e. The number of nitriles is 1. The van der Waals surface area contributed by atoms with Crippen LogP contribution in [0.2, 0.25) is 0 Å². The van der Waals surface area contributed by atoms with Gasteiger partial charge in [0.15, 0.2) is 11.6 Å². The Morgan fingerprint density at radius 2 is 1.95 bits per heavy atom. The third-order valence-electron chi connectivity index (χ3n) is 8.28. The van der Waals surface area contributed by atoms with Gasteiger partial charge in [-0.2, -0.15) is 5.26 Å². The van der Waals surface area contributed by atoms with Crippen LogP contribution >= 0.6 is 0 Å². The van der Waals surface area contributed by atoms with Crippen molar-refractivity contribution < 1.29 is 28.1 Å². The number of carbonyl (C=O) groups excluding carboxylic acids is 1. The van der Waals surface area contributed by atoms with Gasteiger partial charge in [0.1, 0.15) is 24.3 Å². The fourth-order valence-corrected chi connectivity index (χ4v) is 5.77. The average Bonchev–Trinajstić information content (AvgIpc) is 3.36. The van der Waals surface area contributed by atoms with Gasteiger partial charge >= 0.3 is 5.97 Å². The highest BCUT2D eigenvalue weighted by atomic mass is 19.1. The van der Waals surface area contributed by atoms with Gasteiger partial charge in [-0.15, -0.1) is 0 Å². The van der Waals surface area contributed by atoms with Crippen molar-refractivity contribution in [3.05, 3.63) is 88.5 Å². The van der Waals surface area contributed by atoms with Crippen molar-refractivity contribution in [3.8, 4) is 17.6 Å². The smallest absolute Gasteiger partial charge is 0.337 e. The molecule has 0 aliphatic carbocycles. The summed E-state index contributed by atoms with van der Waals surface area (Å²) < 4.78 is 39.1. The van der Waals surface area contributed by atoms with E-state index in [9.17, 15) is 9.18 Å². The Labute approximate surface area is 255 Å². The zero-order valence-electron chi connectivity index (χ0n) is 24.9. The number of nitrogens with zero attached hydrogens (tertiary/aromatic N) is 4. The minimum absolute atomic E-state index is 0.0745. The molecule has 2 aliphatic rings. The predicted molar refractivity (Wildman–Crippen MR) is 161 cm³/mol. The minimum atomic E-state index is -0.559. The molecule has 2 aliphatic heterocycles. The zero-order chi connectivity index (χ0) is 30.6. The standard InChI is InChI=1S/C34H35FN4O5/c1-22-14-25(34(40)41-2)17-30-33(22)37-32(39(30)19-28-10-13-42-28)20-38-11-8-26(9-12-38)44-27-5-3-4-24(15-27)21-43-31-7-6-23(18-36)16-29(31)35/h3-7,14-17,26,28H,8-13,19-21H2,1-2H3/t28-/m0/s1. The molecule has 0 N–H and O–H groups in total. The number of halogens is 1. The number of rotatable bonds is 10. The van der Waals surface area contributed by atoms with Gasteiger partial charge in [-0.05, 0) is 79.8 Å². The van der Waals surface area contributed by atoms with Crippen LogP contribution in [0.5, 0.6) is 11.5 Å². The molecule has 0 amide bonds. The second-order valence-electron chi connectivity index (χ2n) is 11.4. The Morgan fingerprint density at radius 3 is 2.66 bits per heavy atom. The fraction of sp³-hybridized carbons (Fsp3) is 0.382. The summed E-state index contributed by atoms with van der Waals surface area (Å²) in [7, 11) is 1.40. The van der Waals surface area contributed by atoms with E-state index in [0.717, 1.165) is 72.7 Å². The van der Waals surface area contributed by atoms with Crippen LogP contribution in [-0.2, 0) is 29.2 Å². The highest BCUT2D eigenvalue weighted by Crippen LogP contribution is 2.28. The van der Waals surface area contributed by atoms with Crippen LogP contribution in [0, 0.1) is 24.1 Å². The summed E-state index contributed by atoms with van der Waals surface area (Å²) in [5.41, 5.74) is 4.41. The molecule has 0 saturated carbocycles. The first kappa shape index (κ1) is 29.6. The van der Waals surface area contributed by atoms with Gasteiger partial charge in [0, 0.05) is 19.7 Å². The largest absolute Gasteiger partial charge is 0.490 e. The SMILES string of the molecule is COC(=O)c1cc(C)c2nc(CN3CCC(Oc4cccc(COc5ccc(C#N)cc5F)c4)CC3)n(C[C@@H]3CCO3)c2c1. The first-order chi connectivity index (χ1) is 21.4. The third-order valence-corrected chi connectivity index (χ3v) is 8.28. The van der Waals surface area contributed by atoms with Crippen LogP contribution < -0.4 is 9.47 Å². The number of piperidine rings is 1. The molecule has 6 rings (SSSR count). The van der Waals surface area contributed by atoms with Crippen molar-refractivity contribution in [2.75, 3.05) is 26.8 Å². The predicted octanol–water partition coefficient (Wildman–Crippen LogP) is 5.55. The number of fused-ring (bicyclic) bond motifs is 1. The molecule has 9 nitrogen and oxygen atoms in total.